The van der Waals surface area contributed by atoms with Crippen LogP contribution in [0.2, 0.25) is 0 Å². The number of amides is 1. The molecule has 1 fully saturated rings. The van der Waals surface area contributed by atoms with Crippen LogP contribution in [0.3, 0.4) is 0 Å². The van der Waals surface area contributed by atoms with Crippen LogP contribution in [0.5, 0.6) is 11.7 Å². The summed E-state index contributed by atoms with van der Waals surface area (Å²) in [4.78, 5) is 12.3. The third-order valence-electron chi connectivity index (χ3n) is 4.56. The molecule has 134 valence electrons. The zero-order valence-electron chi connectivity index (χ0n) is 14.4. The summed E-state index contributed by atoms with van der Waals surface area (Å²) in [6.45, 7) is 0.369. The van der Waals surface area contributed by atoms with Gasteiger partial charge in [-0.2, -0.15) is 5.10 Å². The first-order valence-corrected chi connectivity index (χ1v) is 8.93. The van der Waals surface area contributed by atoms with E-state index in [2.05, 4.69) is 10.4 Å². The van der Waals surface area contributed by atoms with Gasteiger partial charge in [0.15, 0.2) is 5.76 Å². The second-order valence-corrected chi connectivity index (χ2v) is 6.44. The normalized spacial score (nSPS) is 14.5. The predicted molar refractivity (Wildman–Crippen MR) is 96.1 cm³/mol. The first kappa shape index (κ1) is 16.4. The van der Waals surface area contributed by atoms with E-state index >= 15 is 0 Å². The molecule has 26 heavy (non-hydrogen) atoms. The predicted octanol–water partition coefficient (Wildman–Crippen LogP) is 4.31. The summed E-state index contributed by atoms with van der Waals surface area (Å²) in [5.74, 6) is 0.868. The smallest absolute Gasteiger partial charge is 0.290 e. The zero-order chi connectivity index (χ0) is 17.8. The maximum absolute atomic E-state index is 12.3. The summed E-state index contributed by atoms with van der Waals surface area (Å²) in [6, 6.07) is 15.0. The third kappa shape index (κ3) is 3.79. The fourth-order valence-corrected chi connectivity index (χ4v) is 3.20. The highest BCUT2D eigenvalue weighted by atomic mass is 16.6. The van der Waals surface area contributed by atoms with Gasteiger partial charge in [-0.25, -0.2) is 0 Å². The maximum atomic E-state index is 12.3. The Balaban J connectivity index is 1.32. The molecule has 1 saturated carbocycles. The average molecular weight is 351 g/mol. The van der Waals surface area contributed by atoms with Crippen molar-refractivity contribution in [2.24, 2.45) is 0 Å². The Morgan fingerprint density at radius 3 is 2.77 bits per heavy atom. The number of carbonyl (C=O) groups is 1. The minimum Gasteiger partial charge on any atom is -0.426 e. The van der Waals surface area contributed by atoms with Crippen LogP contribution in [0.25, 0.3) is 0 Å². The van der Waals surface area contributed by atoms with E-state index in [1.54, 1.807) is 12.1 Å². The monoisotopic (exact) mass is 351 g/mol. The van der Waals surface area contributed by atoms with Crippen molar-refractivity contribution >= 4 is 5.91 Å². The van der Waals surface area contributed by atoms with E-state index in [0.29, 0.717) is 18.3 Å². The zero-order valence-corrected chi connectivity index (χ0v) is 14.4. The number of furan rings is 1. The number of para-hydroxylation sites is 1. The van der Waals surface area contributed by atoms with E-state index in [4.69, 9.17) is 9.15 Å². The van der Waals surface area contributed by atoms with E-state index in [9.17, 15) is 4.79 Å². The fraction of sp³-hybridized carbons (Fsp3) is 0.300. The third-order valence-corrected chi connectivity index (χ3v) is 4.56. The average Bonchev–Trinajstić information content (AvgIpc) is 3.41. The minimum atomic E-state index is -0.289. The molecule has 6 heteroatoms. The molecule has 3 aromatic rings. The molecular weight excluding hydrogens is 330 g/mol. The molecule has 1 amide bonds. The van der Waals surface area contributed by atoms with Crippen LogP contribution >= 0.6 is 0 Å². The van der Waals surface area contributed by atoms with Crippen LogP contribution in [0.15, 0.2) is 59.1 Å². The van der Waals surface area contributed by atoms with Gasteiger partial charge in [0.2, 0.25) is 0 Å². The number of hydrogen-bond donors (Lipinski definition) is 1. The molecule has 2 heterocycles. The van der Waals surface area contributed by atoms with E-state index in [-0.39, 0.29) is 17.6 Å². The fourth-order valence-electron chi connectivity index (χ4n) is 3.20. The summed E-state index contributed by atoms with van der Waals surface area (Å²) >= 11 is 0. The van der Waals surface area contributed by atoms with Crippen LogP contribution < -0.4 is 10.1 Å². The van der Waals surface area contributed by atoms with Crippen LogP contribution in [0.1, 0.15) is 48.0 Å². The highest BCUT2D eigenvalue weighted by Gasteiger charge is 2.18. The number of benzene rings is 1. The van der Waals surface area contributed by atoms with Crippen molar-refractivity contribution in [3.05, 3.63) is 66.2 Å². The summed E-state index contributed by atoms with van der Waals surface area (Å²) in [6.07, 6.45) is 6.90. The number of carbonyl (C=O) groups excluding carboxylic acids is 1. The lowest BCUT2D eigenvalue weighted by molar-refractivity contribution is 0.0917. The molecule has 0 radical (unpaired) electrons. The molecule has 0 atom stereocenters. The molecule has 2 aromatic heterocycles. The van der Waals surface area contributed by atoms with E-state index in [1.165, 1.54) is 25.7 Å². The van der Waals surface area contributed by atoms with Gasteiger partial charge in [-0.15, -0.1) is 0 Å². The van der Waals surface area contributed by atoms with Crippen molar-refractivity contribution in [2.75, 3.05) is 0 Å². The Kier molecular flexibility index (Phi) is 4.73. The SMILES string of the molecule is O=C(NCc1ccn(C2CCCC2)n1)c1ccc(Oc2ccccc2)o1. The molecule has 4 rings (SSSR count). The molecule has 0 bridgehead atoms. The number of nitrogens with one attached hydrogen (secondary N) is 1. The molecule has 0 spiro atoms. The second kappa shape index (κ2) is 7.47. The van der Waals surface area contributed by atoms with Crippen LogP contribution in [-0.4, -0.2) is 15.7 Å². The number of rotatable bonds is 6. The largest absolute Gasteiger partial charge is 0.426 e. The number of ether oxygens (including phenoxy) is 1. The number of aromatic nitrogens is 2. The Morgan fingerprint density at radius 2 is 1.96 bits per heavy atom. The number of nitrogens with zero attached hydrogens (tertiary/aromatic N) is 2. The van der Waals surface area contributed by atoms with Crippen molar-refractivity contribution in [1.29, 1.82) is 0 Å². The Bertz CT molecular complexity index is 863. The molecule has 0 aliphatic heterocycles. The molecule has 1 N–H and O–H groups in total. The van der Waals surface area contributed by atoms with Crippen molar-refractivity contribution < 1.29 is 13.9 Å². The lowest BCUT2D eigenvalue weighted by Gasteiger charge is -2.08. The Hall–Kier alpha value is -3.02. The highest BCUT2D eigenvalue weighted by molar-refractivity contribution is 5.91. The molecule has 1 aliphatic carbocycles. The maximum Gasteiger partial charge on any atom is 0.290 e. The van der Waals surface area contributed by atoms with Gasteiger partial charge in [0.1, 0.15) is 5.75 Å². The van der Waals surface area contributed by atoms with Crippen LogP contribution in [0, 0.1) is 0 Å². The van der Waals surface area contributed by atoms with Gasteiger partial charge in [-0.3, -0.25) is 9.48 Å². The summed E-state index contributed by atoms with van der Waals surface area (Å²) in [7, 11) is 0. The van der Waals surface area contributed by atoms with Gasteiger partial charge in [0.05, 0.1) is 18.3 Å². The second-order valence-electron chi connectivity index (χ2n) is 6.44. The van der Waals surface area contributed by atoms with Gasteiger partial charge in [0, 0.05) is 12.3 Å². The van der Waals surface area contributed by atoms with Crippen molar-refractivity contribution in [2.45, 2.75) is 38.3 Å². The van der Waals surface area contributed by atoms with Gasteiger partial charge in [-0.1, -0.05) is 31.0 Å². The van der Waals surface area contributed by atoms with Gasteiger partial charge >= 0.3 is 0 Å². The van der Waals surface area contributed by atoms with Gasteiger partial charge in [-0.05, 0) is 37.1 Å². The van der Waals surface area contributed by atoms with E-state index in [0.717, 1.165) is 5.69 Å². The lowest BCUT2D eigenvalue weighted by Crippen LogP contribution is -2.22. The van der Waals surface area contributed by atoms with Crippen LogP contribution in [-0.2, 0) is 6.54 Å². The van der Waals surface area contributed by atoms with Crippen molar-refractivity contribution in [3.8, 4) is 11.7 Å². The standard InChI is InChI=1S/C20H21N3O3/c24-20(18-10-11-19(26-18)25-17-8-2-1-3-9-17)21-14-15-12-13-23(22-15)16-6-4-5-7-16/h1-3,8-13,16H,4-7,14H2,(H,21,24). The lowest BCUT2D eigenvalue weighted by atomic mass is 10.3. The molecular formula is C20H21N3O3. The van der Waals surface area contributed by atoms with Crippen molar-refractivity contribution in [3.63, 3.8) is 0 Å². The summed E-state index contributed by atoms with van der Waals surface area (Å²) in [5.41, 5.74) is 0.845. The molecule has 6 nitrogen and oxygen atoms in total. The van der Waals surface area contributed by atoms with Crippen LogP contribution in [0.4, 0.5) is 0 Å². The van der Waals surface area contributed by atoms with Gasteiger partial charge < -0.3 is 14.5 Å². The van der Waals surface area contributed by atoms with E-state index in [1.807, 2.05) is 47.3 Å². The molecule has 1 aliphatic rings. The summed E-state index contributed by atoms with van der Waals surface area (Å²) < 4.78 is 13.1. The first-order chi connectivity index (χ1) is 12.8. The highest BCUT2D eigenvalue weighted by Crippen LogP contribution is 2.28. The topological polar surface area (TPSA) is 69.3 Å². The van der Waals surface area contributed by atoms with E-state index < -0.39 is 0 Å². The van der Waals surface area contributed by atoms with Gasteiger partial charge in [0.25, 0.3) is 11.9 Å². The minimum absolute atomic E-state index is 0.214. The quantitative estimate of drug-likeness (QED) is 0.718. The Morgan fingerprint density at radius 1 is 1.15 bits per heavy atom. The first-order valence-electron chi connectivity index (χ1n) is 8.93. The molecule has 1 aromatic carbocycles. The van der Waals surface area contributed by atoms with Crippen molar-refractivity contribution in [1.82, 2.24) is 15.1 Å². The molecule has 0 saturated heterocycles. The number of hydrogen-bond acceptors (Lipinski definition) is 4. The Labute approximate surface area is 151 Å². The summed E-state index contributed by atoms with van der Waals surface area (Å²) in [5, 5.41) is 7.40. The molecule has 0 unspecified atom stereocenters.